The second-order valence-corrected chi connectivity index (χ2v) is 4.03. The van der Waals surface area contributed by atoms with Gasteiger partial charge < -0.3 is 15.9 Å². The summed E-state index contributed by atoms with van der Waals surface area (Å²) in [7, 11) is 0. The first-order chi connectivity index (χ1) is 8.61. The van der Waals surface area contributed by atoms with Gasteiger partial charge in [0.2, 0.25) is 0 Å². The van der Waals surface area contributed by atoms with Gasteiger partial charge in [-0.1, -0.05) is 49.0 Å². The predicted molar refractivity (Wildman–Crippen MR) is 72.8 cm³/mol. The minimum absolute atomic E-state index is 0.374. The van der Waals surface area contributed by atoms with Crippen LogP contribution in [0.3, 0.4) is 0 Å². The number of nitrogen functional groups attached to an aromatic ring is 1. The molecule has 2 aromatic rings. The van der Waals surface area contributed by atoms with Gasteiger partial charge in [0, 0.05) is 16.8 Å². The third-order valence-corrected chi connectivity index (χ3v) is 2.82. The van der Waals surface area contributed by atoms with Gasteiger partial charge in [0.15, 0.2) is 6.29 Å². The number of para-hydroxylation sites is 1. The first-order valence-electron chi connectivity index (χ1n) is 5.60. The molecule has 0 aliphatic rings. The van der Waals surface area contributed by atoms with Crippen LogP contribution in [0.25, 0.3) is 12.2 Å². The Labute approximate surface area is 105 Å². The lowest BCUT2D eigenvalue weighted by Crippen LogP contribution is -2.30. The maximum absolute atomic E-state index is 9.60. The summed E-state index contributed by atoms with van der Waals surface area (Å²) in [5.41, 5.74) is 7.38. The summed E-state index contributed by atoms with van der Waals surface area (Å²) >= 11 is 0. The van der Waals surface area contributed by atoms with E-state index in [1.807, 2.05) is 18.2 Å². The molecule has 0 amide bonds. The first kappa shape index (κ1) is 12.4. The molecule has 18 heavy (non-hydrogen) atoms. The number of hydrogen-bond donors (Lipinski definition) is 3. The molecular weight excluding hydrogens is 226 g/mol. The lowest BCUT2D eigenvalue weighted by molar-refractivity contribution is 0.0108. The third-order valence-electron chi connectivity index (χ3n) is 2.82. The lowest BCUT2D eigenvalue weighted by atomic mass is 10.00. The van der Waals surface area contributed by atoms with E-state index >= 15 is 0 Å². The summed E-state index contributed by atoms with van der Waals surface area (Å²) in [6, 6.07) is 14.4. The number of anilines is 1. The van der Waals surface area contributed by atoms with Gasteiger partial charge in [-0.2, -0.15) is 0 Å². The van der Waals surface area contributed by atoms with Gasteiger partial charge in [-0.05, 0) is 16.5 Å². The normalized spacial score (nSPS) is 12.6. The fraction of sp³-hybridized carbons (Fsp3) is 0.0667. The number of nitrogens with two attached hydrogens (primary N) is 1. The molecule has 0 aliphatic carbocycles. The summed E-state index contributed by atoms with van der Waals surface area (Å²) in [5, 5.41) is 20.6. The van der Waals surface area contributed by atoms with Gasteiger partial charge in [-0.3, -0.25) is 0 Å². The Balaban J connectivity index is 2.85. The van der Waals surface area contributed by atoms with Crippen molar-refractivity contribution >= 4 is 17.8 Å². The third kappa shape index (κ3) is 2.27. The van der Waals surface area contributed by atoms with Gasteiger partial charge in [-0.25, -0.2) is 0 Å². The summed E-state index contributed by atoms with van der Waals surface area (Å²) in [5.74, 6) is 0. The number of hydrogen-bond acceptors (Lipinski definition) is 3. The van der Waals surface area contributed by atoms with Crippen LogP contribution in [0.5, 0.6) is 0 Å². The van der Waals surface area contributed by atoms with Crippen LogP contribution >= 0.6 is 0 Å². The number of aliphatic hydroxyl groups is 2. The maximum Gasteiger partial charge on any atom is 0.179 e. The average Bonchev–Trinajstić information content (AvgIpc) is 2.34. The van der Waals surface area contributed by atoms with E-state index in [-0.39, 0.29) is 0 Å². The van der Waals surface area contributed by atoms with E-state index in [4.69, 9.17) is 5.73 Å². The molecule has 0 fully saturated rings. The van der Waals surface area contributed by atoms with Crippen molar-refractivity contribution in [2.75, 3.05) is 5.73 Å². The standard InChI is InChI=1S/C15H15NO2/c1-10-6-2-3-7-11(10)14(15(17)18)12-8-4-5-9-13(12)16/h2-9,15,17-18H,1,16H2/b14-11+. The molecule has 0 spiro atoms. The Morgan fingerprint density at radius 1 is 1.00 bits per heavy atom. The van der Waals surface area contributed by atoms with Crippen molar-refractivity contribution in [1.82, 2.24) is 0 Å². The van der Waals surface area contributed by atoms with E-state index in [0.717, 1.165) is 5.22 Å². The van der Waals surface area contributed by atoms with Crippen molar-refractivity contribution in [2.24, 2.45) is 0 Å². The van der Waals surface area contributed by atoms with E-state index in [0.29, 0.717) is 22.0 Å². The molecule has 3 nitrogen and oxygen atoms in total. The van der Waals surface area contributed by atoms with E-state index < -0.39 is 6.29 Å². The SMILES string of the molecule is C=c1cccc/c1=C(/c1ccccc1N)C(O)O. The van der Waals surface area contributed by atoms with E-state index in [2.05, 4.69) is 6.58 Å². The lowest BCUT2D eigenvalue weighted by Gasteiger charge is -2.13. The van der Waals surface area contributed by atoms with Gasteiger partial charge in [0.25, 0.3) is 0 Å². The van der Waals surface area contributed by atoms with E-state index in [9.17, 15) is 10.2 Å². The van der Waals surface area contributed by atoms with Crippen molar-refractivity contribution in [3.05, 3.63) is 64.5 Å². The van der Waals surface area contributed by atoms with Gasteiger partial charge >= 0.3 is 0 Å². The molecule has 2 rings (SSSR count). The van der Waals surface area contributed by atoms with Gasteiger partial charge in [0.05, 0.1) is 0 Å². The van der Waals surface area contributed by atoms with Crippen LogP contribution in [0.4, 0.5) is 5.69 Å². The smallest absolute Gasteiger partial charge is 0.179 e. The molecule has 0 saturated heterocycles. The van der Waals surface area contributed by atoms with Crippen LogP contribution < -0.4 is 16.2 Å². The summed E-state index contributed by atoms with van der Waals surface area (Å²) < 4.78 is 0. The number of rotatable bonds is 2. The second kappa shape index (κ2) is 5.04. The minimum atomic E-state index is -1.60. The molecule has 0 radical (unpaired) electrons. The topological polar surface area (TPSA) is 66.5 Å². The van der Waals surface area contributed by atoms with E-state index in [1.165, 1.54) is 0 Å². The Hall–Kier alpha value is -2.10. The van der Waals surface area contributed by atoms with Crippen molar-refractivity contribution in [3.8, 4) is 0 Å². The van der Waals surface area contributed by atoms with Crippen molar-refractivity contribution in [3.63, 3.8) is 0 Å². The molecular formula is C15H15NO2. The molecule has 4 N–H and O–H groups in total. The minimum Gasteiger partial charge on any atom is -0.398 e. The molecule has 0 aliphatic heterocycles. The van der Waals surface area contributed by atoms with Crippen molar-refractivity contribution in [1.29, 1.82) is 0 Å². The maximum atomic E-state index is 9.60. The zero-order chi connectivity index (χ0) is 13.1. The molecule has 0 atom stereocenters. The fourth-order valence-electron chi connectivity index (χ4n) is 1.95. The summed E-state index contributed by atoms with van der Waals surface area (Å²) in [6.45, 7) is 3.90. The van der Waals surface area contributed by atoms with Crippen LogP contribution in [-0.2, 0) is 0 Å². The van der Waals surface area contributed by atoms with Crippen molar-refractivity contribution < 1.29 is 10.2 Å². The molecule has 0 unspecified atom stereocenters. The molecule has 0 bridgehead atoms. The highest BCUT2D eigenvalue weighted by molar-refractivity contribution is 5.76. The largest absolute Gasteiger partial charge is 0.398 e. The van der Waals surface area contributed by atoms with Crippen molar-refractivity contribution in [2.45, 2.75) is 6.29 Å². The van der Waals surface area contributed by atoms with Crippen LogP contribution in [0.15, 0.2) is 48.5 Å². The molecule has 2 aromatic carbocycles. The first-order valence-corrected chi connectivity index (χ1v) is 5.60. The summed E-state index contributed by atoms with van der Waals surface area (Å²) in [6.07, 6.45) is -1.60. The zero-order valence-electron chi connectivity index (χ0n) is 9.88. The highest BCUT2D eigenvalue weighted by atomic mass is 16.5. The highest BCUT2D eigenvalue weighted by Gasteiger charge is 2.13. The molecule has 0 aromatic heterocycles. The zero-order valence-corrected chi connectivity index (χ0v) is 9.88. The Bertz CT molecular complexity index is 662. The quantitative estimate of drug-likeness (QED) is 0.519. The fourth-order valence-corrected chi connectivity index (χ4v) is 1.95. The Kier molecular flexibility index (Phi) is 3.46. The van der Waals surface area contributed by atoms with Crippen LogP contribution in [0.1, 0.15) is 5.56 Å². The monoisotopic (exact) mass is 241 g/mol. The Morgan fingerprint density at radius 3 is 2.22 bits per heavy atom. The summed E-state index contributed by atoms with van der Waals surface area (Å²) in [4.78, 5) is 0. The van der Waals surface area contributed by atoms with E-state index in [1.54, 1.807) is 30.3 Å². The molecule has 0 heterocycles. The molecule has 92 valence electrons. The van der Waals surface area contributed by atoms with Crippen LogP contribution in [0, 0.1) is 0 Å². The van der Waals surface area contributed by atoms with Gasteiger partial charge in [-0.15, -0.1) is 0 Å². The number of benzene rings is 2. The Morgan fingerprint density at radius 2 is 1.61 bits per heavy atom. The average molecular weight is 241 g/mol. The van der Waals surface area contributed by atoms with Crippen LogP contribution in [0.2, 0.25) is 0 Å². The number of aliphatic hydroxyl groups excluding tert-OH is 1. The highest BCUT2D eigenvalue weighted by Crippen LogP contribution is 2.20. The predicted octanol–water partition coefficient (Wildman–Crippen LogP) is 0.189. The van der Waals surface area contributed by atoms with Gasteiger partial charge in [0.1, 0.15) is 0 Å². The van der Waals surface area contributed by atoms with Crippen LogP contribution in [-0.4, -0.2) is 16.5 Å². The molecule has 0 saturated carbocycles. The molecule has 3 heteroatoms. The second-order valence-electron chi connectivity index (χ2n) is 4.03.